The predicted octanol–water partition coefficient (Wildman–Crippen LogP) is -0.318. The standard InChI is InChI=1S/C11H14N2O4S/c14-10-4-3-8(6-12-10)11(15)13-9-2-1-5-18(16,17)7-9/h3-4,6,9H,1-2,5,7H2,(H,12,14)(H,13,15). The Labute approximate surface area is 104 Å². The first kappa shape index (κ1) is 12.8. The fourth-order valence-corrected chi connectivity index (χ4v) is 3.59. The molecule has 1 fully saturated rings. The van der Waals surface area contributed by atoms with Gasteiger partial charge in [-0.1, -0.05) is 0 Å². The van der Waals surface area contributed by atoms with Crippen LogP contribution >= 0.6 is 0 Å². The number of H-pyrrole nitrogens is 1. The lowest BCUT2D eigenvalue weighted by atomic mass is 10.1. The van der Waals surface area contributed by atoms with Crippen molar-refractivity contribution in [2.24, 2.45) is 0 Å². The summed E-state index contributed by atoms with van der Waals surface area (Å²) in [4.78, 5) is 25.1. The van der Waals surface area contributed by atoms with Gasteiger partial charge in [0.2, 0.25) is 5.56 Å². The van der Waals surface area contributed by atoms with Crippen molar-refractivity contribution < 1.29 is 13.2 Å². The van der Waals surface area contributed by atoms with Gasteiger partial charge in [-0.3, -0.25) is 9.59 Å². The van der Waals surface area contributed by atoms with Crippen LogP contribution in [0.15, 0.2) is 23.1 Å². The van der Waals surface area contributed by atoms with Crippen molar-refractivity contribution >= 4 is 15.7 Å². The van der Waals surface area contributed by atoms with Crippen LogP contribution in [0.4, 0.5) is 0 Å². The molecule has 6 nitrogen and oxygen atoms in total. The average molecular weight is 270 g/mol. The summed E-state index contributed by atoms with van der Waals surface area (Å²) in [5.41, 5.74) is 0.0318. The van der Waals surface area contributed by atoms with Crippen LogP contribution in [-0.4, -0.2) is 36.9 Å². The van der Waals surface area contributed by atoms with E-state index in [0.29, 0.717) is 18.4 Å². The molecule has 1 aromatic heterocycles. The highest BCUT2D eigenvalue weighted by Crippen LogP contribution is 2.12. The van der Waals surface area contributed by atoms with Crippen LogP contribution in [0.2, 0.25) is 0 Å². The van der Waals surface area contributed by atoms with Gasteiger partial charge < -0.3 is 10.3 Å². The predicted molar refractivity (Wildman–Crippen MR) is 66.2 cm³/mol. The first-order valence-electron chi connectivity index (χ1n) is 5.66. The minimum atomic E-state index is -3.04. The van der Waals surface area contributed by atoms with E-state index in [9.17, 15) is 18.0 Å². The monoisotopic (exact) mass is 270 g/mol. The molecule has 0 bridgehead atoms. The fourth-order valence-electron chi connectivity index (χ4n) is 1.96. The van der Waals surface area contributed by atoms with E-state index < -0.39 is 9.84 Å². The summed E-state index contributed by atoms with van der Waals surface area (Å²) >= 11 is 0. The molecule has 18 heavy (non-hydrogen) atoms. The van der Waals surface area contributed by atoms with Crippen LogP contribution < -0.4 is 10.9 Å². The van der Waals surface area contributed by atoms with Crippen molar-refractivity contribution in [3.8, 4) is 0 Å². The van der Waals surface area contributed by atoms with Gasteiger partial charge in [0.05, 0.1) is 17.1 Å². The number of amides is 1. The van der Waals surface area contributed by atoms with Crippen molar-refractivity contribution in [1.82, 2.24) is 10.3 Å². The molecule has 2 rings (SSSR count). The fraction of sp³-hybridized carbons (Fsp3) is 0.455. The highest BCUT2D eigenvalue weighted by atomic mass is 32.2. The molecular weight excluding hydrogens is 256 g/mol. The second-order valence-corrected chi connectivity index (χ2v) is 6.60. The Kier molecular flexibility index (Phi) is 3.51. The third-order valence-corrected chi connectivity index (χ3v) is 4.67. The minimum absolute atomic E-state index is 0.0118. The van der Waals surface area contributed by atoms with E-state index in [1.807, 2.05) is 0 Å². The quantitative estimate of drug-likeness (QED) is 0.770. The largest absolute Gasteiger partial charge is 0.348 e. The van der Waals surface area contributed by atoms with Gasteiger partial charge in [0, 0.05) is 18.3 Å². The number of carbonyl (C=O) groups is 1. The van der Waals surface area contributed by atoms with Gasteiger partial charge >= 0.3 is 0 Å². The molecular formula is C11H14N2O4S. The molecule has 7 heteroatoms. The average Bonchev–Trinajstić information content (AvgIpc) is 2.28. The lowest BCUT2D eigenvalue weighted by molar-refractivity contribution is 0.0938. The highest BCUT2D eigenvalue weighted by Gasteiger charge is 2.26. The molecule has 0 aromatic carbocycles. The summed E-state index contributed by atoms with van der Waals surface area (Å²) in [5, 5.41) is 2.67. The lowest BCUT2D eigenvalue weighted by Gasteiger charge is -2.22. The number of pyridine rings is 1. The van der Waals surface area contributed by atoms with Gasteiger partial charge in [0.25, 0.3) is 5.91 Å². The molecule has 1 unspecified atom stereocenters. The Bertz CT molecular complexity index is 585. The minimum Gasteiger partial charge on any atom is -0.348 e. The molecule has 1 aromatic rings. The summed E-state index contributed by atoms with van der Waals surface area (Å²) < 4.78 is 22.8. The topological polar surface area (TPSA) is 96.1 Å². The molecule has 0 spiro atoms. The molecule has 0 saturated carbocycles. The normalized spacial score (nSPS) is 22.3. The summed E-state index contributed by atoms with van der Waals surface area (Å²) in [6.07, 6.45) is 2.54. The lowest BCUT2D eigenvalue weighted by Crippen LogP contribution is -2.43. The van der Waals surface area contributed by atoms with Crippen molar-refractivity contribution in [3.05, 3.63) is 34.2 Å². The maximum atomic E-state index is 11.8. The molecule has 98 valence electrons. The molecule has 2 N–H and O–H groups in total. The molecule has 0 radical (unpaired) electrons. The number of hydrogen-bond donors (Lipinski definition) is 2. The first-order chi connectivity index (χ1) is 8.46. The molecule has 1 aliphatic heterocycles. The molecule has 1 aliphatic rings. The van der Waals surface area contributed by atoms with Crippen molar-refractivity contribution in [1.29, 1.82) is 0 Å². The zero-order chi connectivity index (χ0) is 13.2. The maximum Gasteiger partial charge on any atom is 0.253 e. The number of nitrogens with one attached hydrogen (secondary N) is 2. The van der Waals surface area contributed by atoms with E-state index in [4.69, 9.17) is 0 Å². The molecule has 1 atom stereocenters. The number of sulfone groups is 1. The second-order valence-electron chi connectivity index (χ2n) is 4.37. The van der Waals surface area contributed by atoms with E-state index in [2.05, 4.69) is 10.3 Å². The van der Waals surface area contributed by atoms with Gasteiger partial charge in [-0.05, 0) is 18.9 Å². The van der Waals surface area contributed by atoms with E-state index in [-0.39, 0.29) is 29.0 Å². The number of hydrogen-bond acceptors (Lipinski definition) is 4. The summed E-state index contributed by atoms with van der Waals surface area (Å²) in [5.74, 6) is -0.187. The number of rotatable bonds is 2. The summed E-state index contributed by atoms with van der Waals surface area (Å²) in [6, 6.07) is 2.32. The number of aromatic nitrogens is 1. The van der Waals surface area contributed by atoms with E-state index in [0.717, 1.165) is 0 Å². The van der Waals surface area contributed by atoms with E-state index in [1.165, 1.54) is 18.3 Å². The molecule has 2 heterocycles. The van der Waals surface area contributed by atoms with Crippen LogP contribution in [0.3, 0.4) is 0 Å². The Morgan fingerprint density at radius 1 is 1.39 bits per heavy atom. The van der Waals surface area contributed by atoms with Crippen LogP contribution in [-0.2, 0) is 9.84 Å². The Balaban J connectivity index is 2.03. The summed E-state index contributed by atoms with van der Waals surface area (Å²) in [7, 11) is -3.04. The zero-order valence-corrected chi connectivity index (χ0v) is 10.5. The Morgan fingerprint density at radius 3 is 2.78 bits per heavy atom. The number of aromatic amines is 1. The first-order valence-corrected chi connectivity index (χ1v) is 7.48. The van der Waals surface area contributed by atoms with Gasteiger partial charge in [-0.25, -0.2) is 8.42 Å². The smallest absolute Gasteiger partial charge is 0.253 e. The second kappa shape index (κ2) is 4.93. The molecule has 1 amide bonds. The maximum absolute atomic E-state index is 11.8. The van der Waals surface area contributed by atoms with Gasteiger partial charge in [0.1, 0.15) is 0 Å². The van der Waals surface area contributed by atoms with Crippen molar-refractivity contribution in [2.45, 2.75) is 18.9 Å². The molecule has 0 aliphatic carbocycles. The van der Waals surface area contributed by atoms with Crippen LogP contribution in [0, 0.1) is 0 Å². The van der Waals surface area contributed by atoms with Crippen molar-refractivity contribution in [2.75, 3.05) is 11.5 Å². The third kappa shape index (κ3) is 3.19. The molecule has 1 saturated heterocycles. The van der Waals surface area contributed by atoms with Gasteiger partial charge in [-0.2, -0.15) is 0 Å². The van der Waals surface area contributed by atoms with Crippen LogP contribution in [0.25, 0.3) is 0 Å². The van der Waals surface area contributed by atoms with Gasteiger partial charge in [0.15, 0.2) is 9.84 Å². The van der Waals surface area contributed by atoms with Crippen molar-refractivity contribution in [3.63, 3.8) is 0 Å². The summed E-state index contributed by atoms with van der Waals surface area (Å²) in [6.45, 7) is 0. The Hall–Kier alpha value is -1.63. The highest BCUT2D eigenvalue weighted by molar-refractivity contribution is 7.91. The van der Waals surface area contributed by atoms with E-state index >= 15 is 0 Å². The third-order valence-electron chi connectivity index (χ3n) is 2.84. The van der Waals surface area contributed by atoms with Crippen LogP contribution in [0.5, 0.6) is 0 Å². The SMILES string of the molecule is O=C(NC1CCCS(=O)(=O)C1)c1ccc(=O)[nH]c1. The Morgan fingerprint density at radius 2 is 2.17 bits per heavy atom. The van der Waals surface area contributed by atoms with Crippen LogP contribution in [0.1, 0.15) is 23.2 Å². The zero-order valence-electron chi connectivity index (χ0n) is 9.68. The van der Waals surface area contributed by atoms with E-state index in [1.54, 1.807) is 0 Å². The van der Waals surface area contributed by atoms with Gasteiger partial charge in [-0.15, -0.1) is 0 Å². The number of carbonyl (C=O) groups excluding carboxylic acids is 1.